The van der Waals surface area contributed by atoms with Gasteiger partial charge in [-0.15, -0.1) is 0 Å². The van der Waals surface area contributed by atoms with Gasteiger partial charge in [-0.2, -0.15) is 0 Å². The van der Waals surface area contributed by atoms with Crippen molar-refractivity contribution < 1.29 is 14.2 Å². The molecule has 1 heterocycles. The van der Waals surface area contributed by atoms with E-state index in [0.717, 1.165) is 5.56 Å². The third kappa shape index (κ3) is 5.67. The molecular formula is C15H16ClFN2O2. The van der Waals surface area contributed by atoms with E-state index in [2.05, 4.69) is 10.3 Å². The lowest BCUT2D eigenvalue weighted by Crippen LogP contribution is -2.31. The minimum atomic E-state index is -0.657. The zero-order chi connectivity index (χ0) is 15.1. The van der Waals surface area contributed by atoms with Gasteiger partial charge in [0.15, 0.2) is 0 Å². The fourth-order valence-electron chi connectivity index (χ4n) is 1.68. The van der Waals surface area contributed by atoms with Crippen LogP contribution in [0.5, 0.6) is 5.75 Å². The van der Waals surface area contributed by atoms with Gasteiger partial charge in [0.25, 0.3) is 0 Å². The molecule has 0 bridgehead atoms. The molecule has 0 amide bonds. The van der Waals surface area contributed by atoms with Crippen molar-refractivity contribution in [1.82, 2.24) is 10.3 Å². The molecule has 112 valence electrons. The molecule has 2 aromatic rings. The first-order chi connectivity index (χ1) is 10.1. The minimum Gasteiger partial charge on any atom is -0.491 e. The molecule has 0 aliphatic rings. The Hall–Kier alpha value is -1.69. The molecule has 2 rings (SSSR count). The Balaban J connectivity index is 1.66. The largest absolute Gasteiger partial charge is 0.491 e. The highest BCUT2D eigenvalue weighted by atomic mass is 35.5. The Kier molecular flexibility index (Phi) is 5.92. The summed E-state index contributed by atoms with van der Waals surface area (Å²) in [7, 11) is 0. The number of nitrogens with one attached hydrogen (secondary N) is 1. The van der Waals surface area contributed by atoms with Gasteiger partial charge < -0.3 is 15.2 Å². The van der Waals surface area contributed by atoms with Crippen LogP contribution in [-0.4, -0.2) is 29.3 Å². The summed E-state index contributed by atoms with van der Waals surface area (Å²) in [6.45, 7) is 1.10. The fourth-order valence-corrected chi connectivity index (χ4v) is 1.79. The van der Waals surface area contributed by atoms with E-state index in [9.17, 15) is 9.50 Å². The third-order valence-corrected chi connectivity index (χ3v) is 2.98. The molecular weight excluding hydrogens is 295 g/mol. The minimum absolute atomic E-state index is 0.136. The molecule has 0 spiro atoms. The van der Waals surface area contributed by atoms with Gasteiger partial charge in [0.1, 0.15) is 29.4 Å². The van der Waals surface area contributed by atoms with Crippen molar-refractivity contribution in [2.24, 2.45) is 0 Å². The molecule has 1 aromatic carbocycles. The third-order valence-electron chi connectivity index (χ3n) is 2.75. The maximum Gasteiger partial charge on any atom is 0.129 e. The number of rotatable bonds is 7. The average Bonchev–Trinajstić information content (AvgIpc) is 2.49. The van der Waals surface area contributed by atoms with Crippen molar-refractivity contribution in [3.8, 4) is 5.75 Å². The number of aliphatic hydroxyl groups excluding tert-OH is 1. The monoisotopic (exact) mass is 310 g/mol. The van der Waals surface area contributed by atoms with E-state index in [0.29, 0.717) is 24.0 Å². The van der Waals surface area contributed by atoms with Gasteiger partial charge in [0.2, 0.25) is 0 Å². The highest BCUT2D eigenvalue weighted by molar-refractivity contribution is 6.29. The topological polar surface area (TPSA) is 54.4 Å². The van der Waals surface area contributed by atoms with E-state index < -0.39 is 6.10 Å². The molecule has 0 saturated carbocycles. The lowest BCUT2D eigenvalue weighted by molar-refractivity contribution is 0.106. The van der Waals surface area contributed by atoms with Crippen molar-refractivity contribution in [3.63, 3.8) is 0 Å². The molecule has 1 atom stereocenters. The van der Waals surface area contributed by atoms with Crippen LogP contribution in [0.25, 0.3) is 0 Å². The Morgan fingerprint density at radius 2 is 2.00 bits per heavy atom. The number of nitrogens with zero attached hydrogens (tertiary/aromatic N) is 1. The van der Waals surface area contributed by atoms with E-state index in [1.165, 1.54) is 24.3 Å². The second-order valence-corrected chi connectivity index (χ2v) is 4.93. The van der Waals surface area contributed by atoms with Crippen LogP contribution in [0.15, 0.2) is 42.6 Å². The van der Waals surface area contributed by atoms with Crippen LogP contribution in [0.2, 0.25) is 5.15 Å². The summed E-state index contributed by atoms with van der Waals surface area (Å²) in [5, 5.41) is 13.3. The molecule has 0 fully saturated rings. The summed E-state index contributed by atoms with van der Waals surface area (Å²) < 4.78 is 18.1. The van der Waals surface area contributed by atoms with Crippen LogP contribution < -0.4 is 10.1 Å². The number of halogens is 2. The number of pyridine rings is 1. The van der Waals surface area contributed by atoms with Crippen LogP contribution in [0, 0.1) is 5.82 Å². The zero-order valence-electron chi connectivity index (χ0n) is 11.3. The molecule has 1 unspecified atom stereocenters. The van der Waals surface area contributed by atoms with Gasteiger partial charge in [0, 0.05) is 19.3 Å². The van der Waals surface area contributed by atoms with Crippen molar-refractivity contribution in [1.29, 1.82) is 0 Å². The highest BCUT2D eigenvalue weighted by Crippen LogP contribution is 2.11. The van der Waals surface area contributed by atoms with Crippen molar-refractivity contribution >= 4 is 11.6 Å². The predicted molar refractivity (Wildman–Crippen MR) is 78.9 cm³/mol. The van der Waals surface area contributed by atoms with E-state index in [4.69, 9.17) is 16.3 Å². The molecule has 4 nitrogen and oxygen atoms in total. The van der Waals surface area contributed by atoms with Gasteiger partial charge in [0.05, 0.1) is 0 Å². The number of benzene rings is 1. The number of ether oxygens (including phenoxy) is 1. The first-order valence-electron chi connectivity index (χ1n) is 6.51. The smallest absolute Gasteiger partial charge is 0.129 e. The van der Waals surface area contributed by atoms with Crippen molar-refractivity contribution in [3.05, 3.63) is 59.1 Å². The second kappa shape index (κ2) is 7.93. The van der Waals surface area contributed by atoms with Gasteiger partial charge >= 0.3 is 0 Å². The average molecular weight is 311 g/mol. The SMILES string of the molecule is OC(CNCc1ccc(Cl)nc1)COc1ccc(F)cc1. The number of hydrogen-bond acceptors (Lipinski definition) is 4. The summed E-state index contributed by atoms with van der Waals surface area (Å²) in [6.07, 6.45) is 1.02. The molecule has 0 aliphatic heterocycles. The number of aliphatic hydroxyl groups is 1. The van der Waals surface area contributed by atoms with Gasteiger partial charge in [-0.3, -0.25) is 0 Å². The van der Waals surface area contributed by atoms with Gasteiger partial charge in [-0.05, 0) is 35.9 Å². The quantitative estimate of drug-likeness (QED) is 0.771. The fraction of sp³-hybridized carbons (Fsp3) is 0.267. The van der Waals surface area contributed by atoms with E-state index >= 15 is 0 Å². The highest BCUT2D eigenvalue weighted by Gasteiger charge is 2.05. The summed E-state index contributed by atoms with van der Waals surface area (Å²) in [5.41, 5.74) is 0.978. The molecule has 21 heavy (non-hydrogen) atoms. The van der Waals surface area contributed by atoms with E-state index in [1.807, 2.05) is 6.07 Å². The summed E-state index contributed by atoms with van der Waals surface area (Å²) >= 11 is 5.69. The van der Waals surface area contributed by atoms with E-state index in [-0.39, 0.29) is 12.4 Å². The standard InChI is InChI=1S/C15H16ClFN2O2/c16-15-6-1-11(8-19-15)7-18-9-13(20)10-21-14-4-2-12(17)3-5-14/h1-6,8,13,18,20H,7,9-10H2. The lowest BCUT2D eigenvalue weighted by atomic mass is 10.3. The van der Waals surface area contributed by atoms with Crippen LogP contribution in [0.3, 0.4) is 0 Å². The van der Waals surface area contributed by atoms with Gasteiger partial charge in [-0.25, -0.2) is 9.37 Å². The molecule has 6 heteroatoms. The first kappa shape index (κ1) is 15.7. The first-order valence-corrected chi connectivity index (χ1v) is 6.89. The maximum absolute atomic E-state index is 12.7. The Morgan fingerprint density at radius 3 is 2.67 bits per heavy atom. The van der Waals surface area contributed by atoms with Gasteiger partial charge in [-0.1, -0.05) is 17.7 Å². The van der Waals surface area contributed by atoms with Crippen LogP contribution in [-0.2, 0) is 6.54 Å². The Labute approximate surface area is 127 Å². The predicted octanol–water partition coefficient (Wildman–Crippen LogP) is 2.40. The lowest BCUT2D eigenvalue weighted by Gasteiger charge is -2.13. The number of aromatic nitrogens is 1. The maximum atomic E-state index is 12.7. The summed E-state index contributed by atoms with van der Waals surface area (Å²) in [4.78, 5) is 3.97. The molecule has 0 radical (unpaired) electrons. The van der Waals surface area contributed by atoms with Crippen molar-refractivity contribution in [2.45, 2.75) is 12.6 Å². The van der Waals surface area contributed by atoms with Crippen LogP contribution in [0.1, 0.15) is 5.56 Å². The molecule has 2 N–H and O–H groups in total. The second-order valence-electron chi connectivity index (χ2n) is 4.54. The Bertz CT molecular complexity index is 549. The molecule has 0 aliphatic carbocycles. The Morgan fingerprint density at radius 1 is 1.24 bits per heavy atom. The van der Waals surface area contributed by atoms with Crippen LogP contribution >= 0.6 is 11.6 Å². The summed E-state index contributed by atoms with van der Waals surface area (Å²) in [6, 6.07) is 9.25. The van der Waals surface area contributed by atoms with E-state index in [1.54, 1.807) is 12.3 Å². The molecule has 0 saturated heterocycles. The molecule has 1 aromatic heterocycles. The summed E-state index contributed by atoms with van der Waals surface area (Å²) in [5.74, 6) is 0.207. The normalized spacial score (nSPS) is 12.1. The van der Waals surface area contributed by atoms with Crippen molar-refractivity contribution in [2.75, 3.05) is 13.2 Å². The number of hydrogen-bond donors (Lipinski definition) is 2. The van der Waals surface area contributed by atoms with Crippen LogP contribution in [0.4, 0.5) is 4.39 Å². The zero-order valence-corrected chi connectivity index (χ0v) is 12.1.